The zero-order chi connectivity index (χ0) is 20.5. The normalized spacial score (nSPS) is 16.4. The summed E-state index contributed by atoms with van der Waals surface area (Å²) in [7, 11) is 0. The largest absolute Gasteiger partial charge is 0.353 e. The van der Waals surface area contributed by atoms with E-state index in [1.807, 2.05) is 0 Å². The Kier molecular flexibility index (Phi) is 7.80. The van der Waals surface area contributed by atoms with Crippen molar-refractivity contribution in [1.82, 2.24) is 9.80 Å². The third-order valence-electron chi connectivity index (χ3n) is 6.40. The van der Waals surface area contributed by atoms with Crippen LogP contribution in [0.4, 0.5) is 0 Å². The van der Waals surface area contributed by atoms with E-state index >= 15 is 0 Å². The molecule has 2 aromatic carbocycles. The highest BCUT2D eigenvalue weighted by Gasteiger charge is 2.48. The highest BCUT2D eigenvalue weighted by atomic mass is 15.4. The lowest BCUT2D eigenvalue weighted by molar-refractivity contribution is -0.00332. The predicted molar refractivity (Wildman–Crippen MR) is 125 cm³/mol. The number of benzene rings is 2. The monoisotopic (exact) mass is 390 g/mol. The molecule has 1 aliphatic rings. The molecule has 0 bridgehead atoms. The fourth-order valence-corrected chi connectivity index (χ4v) is 4.92. The highest BCUT2D eigenvalue weighted by molar-refractivity contribution is 5.30. The fraction of sp³-hybridized carbons (Fsp3) is 0.481. The first-order chi connectivity index (χ1) is 14.3. The molecule has 0 fully saturated rings. The Balaban J connectivity index is 2.08. The molecule has 0 saturated carbocycles. The van der Waals surface area contributed by atoms with Crippen LogP contribution < -0.4 is 0 Å². The second kappa shape index (κ2) is 10.5. The molecule has 2 aromatic rings. The molecule has 2 heteroatoms. The third kappa shape index (κ3) is 4.69. The molecule has 0 aliphatic carbocycles. The summed E-state index contributed by atoms with van der Waals surface area (Å²) in [5, 5.41) is 0. The minimum Gasteiger partial charge on any atom is -0.353 e. The Hall–Kier alpha value is -2.22. The zero-order valence-corrected chi connectivity index (χ0v) is 18.6. The van der Waals surface area contributed by atoms with Gasteiger partial charge < -0.3 is 9.80 Å². The van der Waals surface area contributed by atoms with Crippen molar-refractivity contribution in [3.8, 4) is 0 Å². The number of hydrogen-bond acceptors (Lipinski definition) is 2. The molecule has 0 saturated heterocycles. The van der Waals surface area contributed by atoms with Crippen LogP contribution in [0.1, 0.15) is 69.9 Å². The van der Waals surface area contributed by atoms with Crippen LogP contribution in [0.25, 0.3) is 0 Å². The Morgan fingerprint density at radius 3 is 1.72 bits per heavy atom. The molecular formula is C27H38N2. The molecule has 1 unspecified atom stereocenters. The first-order valence-corrected chi connectivity index (χ1v) is 11.6. The van der Waals surface area contributed by atoms with Crippen molar-refractivity contribution >= 4 is 0 Å². The van der Waals surface area contributed by atoms with Crippen LogP contribution in [-0.4, -0.2) is 28.6 Å². The van der Waals surface area contributed by atoms with Gasteiger partial charge in [0, 0.05) is 37.8 Å². The minimum atomic E-state index is -0.0399. The third-order valence-corrected chi connectivity index (χ3v) is 6.40. The van der Waals surface area contributed by atoms with Crippen molar-refractivity contribution in [1.29, 1.82) is 0 Å². The van der Waals surface area contributed by atoms with Gasteiger partial charge in [-0.2, -0.15) is 0 Å². The van der Waals surface area contributed by atoms with Gasteiger partial charge in [-0.3, -0.25) is 0 Å². The molecule has 2 nitrogen and oxygen atoms in total. The lowest BCUT2D eigenvalue weighted by Gasteiger charge is -2.51. The van der Waals surface area contributed by atoms with E-state index in [9.17, 15) is 0 Å². The first-order valence-electron chi connectivity index (χ1n) is 11.6. The zero-order valence-electron chi connectivity index (χ0n) is 18.6. The quantitative estimate of drug-likeness (QED) is 0.416. The van der Waals surface area contributed by atoms with Crippen LogP contribution in [-0.2, 0) is 6.42 Å². The summed E-state index contributed by atoms with van der Waals surface area (Å²) in [4.78, 5) is 5.33. The molecule has 156 valence electrons. The summed E-state index contributed by atoms with van der Waals surface area (Å²) in [6.07, 6.45) is 11.8. The van der Waals surface area contributed by atoms with Gasteiger partial charge >= 0.3 is 0 Å². The molecule has 1 aliphatic heterocycles. The Morgan fingerprint density at radius 1 is 0.724 bits per heavy atom. The lowest BCUT2D eigenvalue weighted by atomic mass is 9.78. The molecular weight excluding hydrogens is 352 g/mol. The van der Waals surface area contributed by atoms with Gasteiger partial charge in [-0.25, -0.2) is 0 Å². The lowest BCUT2D eigenvalue weighted by Crippen LogP contribution is -2.59. The Morgan fingerprint density at radius 2 is 1.24 bits per heavy atom. The molecule has 0 N–H and O–H groups in total. The molecule has 1 atom stereocenters. The predicted octanol–water partition coefficient (Wildman–Crippen LogP) is 6.81. The van der Waals surface area contributed by atoms with Gasteiger partial charge in [0.1, 0.15) is 5.66 Å². The molecule has 3 rings (SSSR count). The van der Waals surface area contributed by atoms with Crippen LogP contribution in [0.2, 0.25) is 0 Å². The van der Waals surface area contributed by atoms with Crippen LogP contribution in [0.5, 0.6) is 0 Å². The van der Waals surface area contributed by atoms with Crippen molar-refractivity contribution in [2.24, 2.45) is 0 Å². The Labute approximate surface area is 178 Å². The molecule has 0 spiro atoms. The van der Waals surface area contributed by atoms with Gasteiger partial charge in [-0.05, 0) is 30.4 Å². The van der Waals surface area contributed by atoms with Gasteiger partial charge in [-0.15, -0.1) is 0 Å². The van der Waals surface area contributed by atoms with E-state index < -0.39 is 0 Å². The van der Waals surface area contributed by atoms with Crippen LogP contribution in [0, 0.1) is 0 Å². The van der Waals surface area contributed by atoms with Crippen molar-refractivity contribution < 1.29 is 0 Å². The number of rotatable bonds is 11. The Bertz CT molecular complexity index is 720. The van der Waals surface area contributed by atoms with Crippen LogP contribution >= 0.6 is 0 Å². The average Bonchev–Trinajstić information content (AvgIpc) is 3.10. The number of nitrogens with zero attached hydrogens (tertiary/aromatic N) is 2. The summed E-state index contributed by atoms with van der Waals surface area (Å²) >= 11 is 0. The summed E-state index contributed by atoms with van der Waals surface area (Å²) in [6.45, 7) is 9.18. The van der Waals surface area contributed by atoms with Gasteiger partial charge in [0.05, 0.1) is 0 Å². The van der Waals surface area contributed by atoms with Gasteiger partial charge in [-0.1, -0.05) is 94.3 Å². The summed E-state index contributed by atoms with van der Waals surface area (Å²) in [5.74, 6) is 0.451. The standard InChI is InChI=1S/C27H38N2/c1-4-7-19-28-21-22-29(20-8-5-2)27(28,23-24-15-11-9-12-16-24)26(6-3)25-17-13-10-14-18-25/h9-18,21-22,26H,4-8,19-20,23H2,1-3H3. The maximum Gasteiger partial charge on any atom is 0.123 e. The van der Waals surface area contributed by atoms with Crippen molar-refractivity contribution in [2.45, 2.75) is 70.9 Å². The minimum absolute atomic E-state index is 0.0399. The van der Waals surface area contributed by atoms with Crippen LogP contribution in [0.3, 0.4) is 0 Å². The molecule has 0 amide bonds. The first kappa shape index (κ1) is 21.5. The summed E-state index contributed by atoms with van der Waals surface area (Å²) < 4.78 is 0. The maximum atomic E-state index is 2.67. The van der Waals surface area contributed by atoms with Crippen LogP contribution in [0.15, 0.2) is 73.1 Å². The SMILES string of the molecule is CCCCN1C=CN(CCCC)C1(Cc1ccccc1)C(CC)c1ccccc1. The second-order valence-corrected chi connectivity index (χ2v) is 8.30. The van der Waals surface area contributed by atoms with Crippen molar-refractivity contribution in [3.05, 3.63) is 84.2 Å². The second-order valence-electron chi connectivity index (χ2n) is 8.30. The van der Waals surface area contributed by atoms with Crippen molar-refractivity contribution in [2.75, 3.05) is 13.1 Å². The average molecular weight is 391 g/mol. The molecule has 29 heavy (non-hydrogen) atoms. The highest BCUT2D eigenvalue weighted by Crippen LogP contribution is 2.45. The van der Waals surface area contributed by atoms with E-state index in [0.29, 0.717) is 5.92 Å². The van der Waals surface area contributed by atoms with E-state index in [1.165, 1.54) is 36.8 Å². The topological polar surface area (TPSA) is 6.48 Å². The van der Waals surface area contributed by atoms with E-state index in [4.69, 9.17) is 0 Å². The van der Waals surface area contributed by atoms with E-state index in [1.54, 1.807) is 0 Å². The van der Waals surface area contributed by atoms with Gasteiger partial charge in [0.2, 0.25) is 0 Å². The summed E-state index contributed by atoms with van der Waals surface area (Å²) in [6, 6.07) is 22.3. The molecule has 1 heterocycles. The summed E-state index contributed by atoms with van der Waals surface area (Å²) in [5.41, 5.74) is 2.84. The number of unbranched alkanes of at least 4 members (excludes halogenated alkanes) is 2. The van der Waals surface area contributed by atoms with E-state index in [-0.39, 0.29) is 5.66 Å². The smallest absolute Gasteiger partial charge is 0.123 e. The van der Waals surface area contributed by atoms with Gasteiger partial charge in [0.15, 0.2) is 0 Å². The maximum absolute atomic E-state index is 2.67. The molecule has 0 aromatic heterocycles. The number of hydrogen-bond donors (Lipinski definition) is 0. The van der Waals surface area contributed by atoms with E-state index in [0.717, 1.165) is 25.9 Å². The fourth-order valence-electron chi connectivity index (χ4n) is 4.92. The van der Waals surface area contributed by atoms with E-state index in [2.05, 4.69) is 104 Å². The van der Waals surface area contributed by atoms with Crippen molar-refractivity contribution in [3.63, 3.8) is 0 Å². The van der Waals surface area contributed by atoms with Gasteiger partial charge in [0.25, 0.3) is 0 Å². The molecule has 0 radical (unpaired) electrons.